The summed E-state index contributed by atoms with van der Waals surface area (Å²) >= 11 is 0. The summed E-state index contributed by atoms with van der Waals surface area (Å²) in [7, 11) is 0. The molecule has 1 unspecified atom stereocenters. The molecule has 3 rings (SSSR count). The molecule has 1 aromatic carbocycles. The van der Waals surface area contributed by atoms with Gasteiger partial charge in [0.05, 0.1) is 23.1 Å². The fourth-order valence-corrected chi connectivity index (χ4v) is 2.48. The maximum absolute atomic E-state index is 8.79. The zero-order chi connectivity index (χ0) is 12.9. The summed E-state index contributed by atoms with van der Waals surface area (Å²) in [5, 5.41) is 12.0. The first kappa shape index (κ1) is 11.3. The molecule has 0 spiro atoms. The van der Waals surface area contributed by atoms with Gasteiger partial charge in [-0.1, -0.05) is 25.1 Å². The highest BCUT2D eigenvalue weighted by Gasteiger charge is 2.47. The Hall–Kier alpha value is -1.84. The summed E-state index contributed by atoms with van der Waals surface area (Å²) in [6, 6.07) is 6.56. The average molecular weight is 243 g/mol. The second kappa shape index (κ2) is 3.57. The van der Waals surface area contributed by atoms with Crippen LogP contribution in [0.25, 0.3) is 11.0 Å². The first-order chi connectivity index (χ1) is 8.53. The van der Waals surface area contributed by atoms with Crippen molar-refractivity contribution in [3.05, 3.63) is 30.1 Å². The summed E-state index contributed by atoms with van der Waals surface area (Å²) in [5.74, 6) is 0. The van der Waals surface area contributed by atoms with Crippen LogP contribution in [0.4, 0.5) is 0 Å². The Morgan fingerprint density at radius 2 is 2.22 bits per heavy atom. The fraction of sp³-hybridized carbons (Fsp3) is 0.429. The van der Waals surface area contributed by atoms with Gasteiger partial charge in [0.25, 0.3) is 0 Å². The van der Waals surface area contributed by atoms with Crippen molar-refractivity contribution in [3.63, 3.8) is 0 Å². The molecule has 1 fully saturated rings. The normalized spacial score (nSPS) is 22.4. The number of fused-ring (bicyclic) bond motifs is 1. The number of oxime groups is 1. The fourth-order valence-electron chi connectivity index (χ4n) is 2.48. The minimum Gasteiger partial charge on any atom is -0.411 e. The van der Waals surface area contributed by atoms with E-state index in [1.165, 1.54) is 6.42 Å². The topological polar surface area (TPSA) is 50.4 Å². The Bertz CT molecular complexity index is 640. The van der Waals surface area contributed by atoms with Gasteiger partial charge in [-0.25, -0.2) is 4.98 Å². The van der Waals surface area contributed by atoms with E-state index in [1.807, 2.05) is 18.5 Å². The van der Waals surface area contributed by atoms with Crippen LogP contribution in [0, 0.1) is 5.41 Å². The molecule has 1 atom stereocenters. The van der Waals surface area contributed by atoms with Crippen molar-refractivity contribution in [1.29, 1.82) is 0 Å². The van der Waals surface area contributed by atoms with Crippen LogP contribution in [0.3, 0.4) is 0 Å². The van der Waals surface area contributed by atoms with Crippen LogP contribution >= 0.6 is 0 Å². The van der Waals surface area contributed by atoms with Crippen LogP contribution in [0.2, 0.25) is 0 Å². The number of nitrogens with zero attached hydrogens (tertiary/aromatic N) is 3. The highest BCUT2D eigenvalue weighted by atomic mass is 16.4. The van der Waals surface area contributed by atoms with Crippen molar-refractivity contribution < 1.29 is 5.21 Å². The van der Waals surface area contributed by atoms with Gasteiger partial charge in [-0.3, -0.25) is 0 Å². The molecule has 94 valence electrons. The zero-order valence-electron chi connectivity index (χ0n) is 10.9. The minimum absolute atomic E-state index is 0.384. The van der Waals surface area contributed by atoms with E-state index in [9.17, 15) is 0 Å². The third kappa shape index (κ3) is 1.60. The molecule has 1 heterocycles. The van der Waals surface area contributed by atoms with Gasteiger partial charge in [0.15, 0.2) is 0 Å². The van der Waals surface area contributed by atoms with Gasteiger partial charge in [0.2, 0.25) is 0 Å². The lowest BCUT2D eigenvalue weighted by Crippen LogP contribution is -1.99. The summed E-state index contributed by atoms with van der Waals surface area (Å²) in [4.78, 5) is 4.45. The van der Waals surface area contributed by atoms with Gasteiger partial charge in [0.1, 0.15) is 0 Å². The molecular weight excluding hydrogens is 226 g/mol. The molecule has 1 aliphatic carbocycles. The number of imidazole rings is 1. The van der Waals surface area contributed by atoms with Gasteiger partial charge < -0.3 is 9.77 Å². The van der Waals surface area contributed by atoms with Crippen molar-refractivity contribution in [3.8, 4) is 0 Å². The van der Waals surface area contributed by atoms with Crippen LogP contribution in [0.1, 0.15) is 38.8 Å². The summed E-state index contributed by atoms with van der Waals surface area (Å²) in [6.45, 7) is 6.34. The zero-order valence-corrected chi connectivity index (χ0v) is 10.9. The van der Waals surface area contributed by atoms with E-state index in [4.69, 9.17) is 5.21 Å². The molecule has 4 heteroatoms. The smallest absolute Gasteiger partial charge is 0.0961 e. The van der Waals surface area contributed by atoms with Crippen molar-refractivity contribution in [1.82, 2.24) is 9.55 Å². The predicted molar refractivity (Wildman–Crippen MR) is 71.2 cm³/mol. The van der Waals surface area contributed by atoms with E-state index in [2.05, 4.69) is 34.6 Å². The molecule has 2 aromatic rings. The quantitative estimate of drug-likeness (QED) is 0.500. The average Bonchev–Trinajstić information content (AvgIpc) is 2.82. The third-order valence-corrected chi connectivity index (χ3v) is 3.94. The Morgan fingerprint density at radius 3 is 2.83 bits per heavy atom. The highest BCUT2D eigenvalue weighted by Crippen LogP contribution is 2.56. The maximum Gasteiger partial charge on any atom is 0.0961 e. The van der Waals surface area contributed by atoms with Gasteiger partial charge in [0, 0.05) is 11.6 Å². The Labute approximate surface area is 106 Å². The molecule has 0 aliphatic heterocycles. The highest BCUT2D eigenvalue weighted by molar-refractivity contribution is 6.00. The molecule has 1 saturated carbocycles. The Kier molecular flexibility index (Phi) is 2.24. The SMILES string of the molecule is C/C(=N/O)c1ccc2c(c1)ncn2C1CC1(C)C. The molecule has 1 aliphatic rings. The largest absolute Gasteiger partial charge is 0.411 e. The summed E-state index contributed by atoms with van der Waals surface area (Å²) in [6.07, 6.45) is 3.12. The van der Waals surface area contributed by atoms with E-state index in [0.717, 1.165) is 16.6 Å². The van der Waals surface area contributed by atoms with Crippen LogP contribution in [-0.2, 0) is 0 Å². The third-order valence-electron chi connectivity index (χ3n) is 3.94. The first-order valence-corrected chi connectivity index (χ1v) is 6.18. The van der Waals surface area contributed by atoms with Crippen molar-refractivity contribution in [2.75, 3.05) is 0 Å². The Morgan fingerprint density at radius 1 is 1.50 bits per heavy atom. The second-order valence-corrected chi connectivity index (χ2v) is 5.75. The number of benzene rings is 1. The molecule has 0 saturated heterocycles. The van der Waals surface area contributed by atoms with Crippen LogP contribution < -0.4 is 0 Å². The van der Waals surface area contributed by atoms with Gasteiger partial charge in [-0.2, -0.15) is 0 Å². The monoisotopic (exact) mass is 243 g/mol. The van der Waals surface area contributed by atoms with Crippen LogP contribution in [-0.4, -0.2) is 20.5 Å². The van der Waals surface area contributed by atoms with Gasteiger partial charge in [-0.05, 0) is 30.9 Å². The van der Waals surface area contributed by atoms with Crippen molar-refractivity contribution >= 4 is 16.7 Å². The minimum atomic E-state index is 0.384. The second-order valence-electron chi connectivity index (χ2n) is 5.75. The van der Waals surface area contributed by atoms with E-state index >= 15 is 0 Å². The van der Waals surface area contributed by atoms with Crippen LogP contribution in [0.15, 0.2) is 29.7 Å². The van der Waals surface area contributed by atoms with E-state index < -0.39 is 0 Å². The number of rotatable bonds is 2. The molecule has 0 amide bonds. The molecule has 1 aromatic heterocycles. The van der Waals surface area contributed by atoms with Crippen molar-refractivity contribution in [2.45, 2.75) is 33.2 Å². The van der Waals surface area contributed by atoms with E-state index in [0.29, 0.717) is 17.2 Å². The predicted octanol–water partition coefficient (Wildman–Crippen LogP) is 3.21. The standard InChI is InChI=1S/C14H17N3O/c1-9(16-18)10-4-5-12-11(6-10)15-8-17(12)13-7-14(13,2)3/h4-6,8,13,18H,7H2,1-3H3/b16-9-. The molecule has 0 radical (unpaired) electrons. The van der Waals surface area contributed by atoms with Crippen LogP contribution in [0.5, 0.6) is 0 Å². The lowest BCUT2D eigenvalue weighted by Gasteiger charge is -2.06. The van der Waals surface area contributed by atoms with Crippen molar-refractivity contribution in [2.24, 2.45) is 10.6 Å². The Balaban J connectivity index is 2.06. The van der Waals surface area contributed by atoms with E-state index in [-0.39, 0.29) is 0 Å². The summed E-state index contributed by atoms with van der Waals surface area (Å²) in [5.41, 5.74) is 4.01. The number of hydrogen-bond acceptors (Lipinski definition) is 3. The number of hydrogen-bond donors (Lipinski definition) is 1. The lowest BCUT2D eigenvalue weighted by atomic mass is 10.1. The number of aromatic nitrogens is 2. The summed E-state index contributed by atoms with van der Waals surface area (Å²) < 4.78 is 2.25. The molecule has 4 nitrogen and oxygen atoms in total. The maximum atomic E-state index is 8.79. The molecule has 1 N–H and O–H groups in total. The molecule has 18 heavy (non-hydrogen) atoms. The van der Waals surface area contributed by atoms with E-state index in [1.54, 1.807) is 6.92 Å². The molecule has 0 bridgehead atoms. The first-order valence-electron chi connectivity index (χ1n) is 6.18. The van der Waals surface area contributed by atoms with Gasteiger partial charge in [-0.15, -0.1) is 0 Å². The van der Waals surface area contributed by atoms with Gasteiger partial charge >= 0.3 is 0 Å². The molecular formula is C14H17N3O. The lowest BCUT2D eigenvalue weighted by molar-refractivity contribution is 0.319.